The van der Waals surface area contributed by atoms with Gasteiger partial charge in [0, 0.05) is 12.8 Å². The van der Waals surface area contributed by atoms with Crippen molar-refractivity contribution in [1.82, 2.24) is 5.32 Å². The number of amides is 1. The van der Waals surface area contributed by atoms with Gasteiger partial charge in [0.15, 0.2) is 0 Å². The number of nitrogens with zero attached hydrogens (tertiary/aromatic N) is 1. The highest BCUT2D eigenvalue weighted by molar-refractivity contribution is 7.45. The Labute approximate surface area is 482 Å². The van der Waals surface area contributed by atoms with Crippen LogP contribution in [0.1, 0.15) is 284 Å². The first kappa shape index (κ1) is 75.2. The predicted molar refractivity (Wildman–Crippen MR) is 335 cm³/mol. The van der Waals surface area contributed by atoms with Crippen molar-refractivity contribution in [2.24, 2.45) is 0 Å². The summed E-state index contributed by atoms with van der Waals surface area (Å²) in [6.07, 6.45) is 75.7. The number of unbranched alkanes of at least 4 members (excludes halogenated alkanes) is 30. The van der Waals surface area contributed by atoms with Crippen LogP contribution in [0.2, 0.25) is 0 Å². The maximum Gasteiger partial charge on any atom is 0.306 e. The Bertz CT molecular complexity index is 1610. The summed E-state index contributed by atoms with van der Waals surface area (Å²) in [5.41, 5.74) is 0. The minimum absolute atomic E-state index is 0.0295. The molecule has 0 saturated carbocycles. The van der Waals surface area contributed by atoms with Crippen LogP contribution >= 0.6 is 7.82 Å². The van der Waals surface area contributed by atoms with E-state index < -0.39 is 26.6 Å². The molecule has 0 aliphatic carbocycles. The van der Waals surface area contributed by atoms with Crippen molar-refractivity contribution in [3.63, 3.8) is 0 Å². The van der Waals surface area contributed by atoms with Gasteiger partial charge in [0.2, 0.25) is 5.91 Å². The largest absolute Gasteiger partial charge is 0.756 e. The number of hydrogen-bond donors (Lipinski definition) is 1. The van der Waals surface area contributed by atoms with Crippen LogP contribution in [0.4, 0.5) is 0 Å². The van der Waals surface area contributed by atoms with Crippen molar-refractivity contribution in [2.75, 3.05) is 40.9 Å². The van der Waals surface area contributed by atoms with Crippen molar-refractivity contribution in [3.05, 3.63) is 85.1 Å². The number of phosphoric ester groups is 1. The van der Waals surface area contributed by atoms with Gasteiger partial charge >= 0.3 is 5.97 Å². The third kappa shape index (κ3) is 57.9. The monoisotopic (exact) mass is 1110 g/mol. The van der Waals surface area contributed by atoms with Crippen molar-refractivity contribution in [1.29, 1.82) is 0 Å². The number of hydrogen-bond acceptors (Lipinski definition) is 7. The number of likely N-dealkylation sites (N-methyl/N-ethyl adjacent to an activating group) is 1. The standard InChI is InChI=1S/C68H123N2O7P/c1-7-10-13-16-19-22-25-27-29-30-31-32-33-34-35-36-37-38-39-40-41-43-46-49-52-55-58-61-68(72)77-66(59-56-53-50-47-44-24-21-18-15-12-9-3)65(64-76-78(73,74)75-63-62-70(4,5)6)69-67(71)60-57-54-51-48-45-42-28-26-23-20-17-14-11-8-2/h11,14,19-20,22-23,27-29,31-32,42,56,59,65-66H,7-10,12-13,15-18,21,24-26,30,33-41,43-55,57-58,60-64H2,1-6H3,(H-,69,71,73,74)/b14-11+,22-19-,23-20+,29-27-,32-31-,42-28+,59-56-. The summed E-state index contributed by atoms with van der Waals surface area (Å²) in [6, 6.07) is -0.903. The Morgan fingerprint density at radius 3 is 1.26 bits per heavy atom. The number of carbonyl (C=O) groups is 2. The minimum atomic E-state index is -4.71. The van der Waals surface area contributed by atoms with Gasteiger partial charge < -0.3 is 28.5 Å². The predicted octanol–water partition coefficient (Wildman–Crippen LogP) is 19.5. The Hall–Kier alpha value is -2.81. The molecule has 0 fully saturated rings. The van der Waals surface area contributed by atoms with E-state index in [4.69, 9.17) is 13.8 Å². The lowest BCUT2D eigenvalue weighted by molar-refractivity contribution is -0.870. The van der Waals surface area contributed by atoms with Gasteiger partial charge in [0.1, 0.15) is 19.3 Å². The smallest absolute Gasteiger partial charge is 0.306 e. The average Bonchev–Trinajstić information content (AvgIpc) is 3.40. The van der Waals surface area contributed by atoms with Gasteiger partial charge in [-0.05, 0) is 102 Å². The van der Waals surface area contributed by atoms with E-state index in [0.717, 1.165) is 96.3 Å². The van der Waals surface area contributed by atoms with Crippen LogP contribution in [0.15, 0.2) is 85.1 Å². The molecule has 78 heavy (non-hydrogen) atoms. The van der Waals surface area contributed by atoms with Crippen LogP contribution in [-0.4, -0.2) is 69.4 Å². The average molecular weight is 1110 g/mol. The minimum Gasteiger partial charge on any atom is -0.756 e. The molecule has 0 aliphatic heterocycles. The molecule has 0 heterocycles. The molecule has 0 rings (SSSR count). The summed E-state index contributed by atoms with van der Waals surface area (Å²) >= 11 is 0. The molecule has 3 atom stereocenters. The first-order valence-corrected chi connectivity index (χ1v) is 33.9. The second kappa shape index (κ2) is 57.4. The molecule has 0 saturated heterocycles. The summed E-state index contributed by atoms with van der Waals surface area (Å²) in [4.78, 5) is 40.0. The second-order valence-corrected chi connectivity index (χ2v) is 24.3. The second-order valence-electron chi connectivity index (χ2n) is 22.9. The number of nitrogens with one attached hydrogen (secondary N) is 1. The van der Waals surface area contributed by atoms with E-state index in [0.29, 0.717) is 17.4 Å². The number of allylic oxidation sites excluding steroid dienone is 13. The molecule has 1 amide bonds. The molecule has 3 unspecified atom stereocenters. The SMILES string of the molecule is CC/C=C/C/C=C/C/C=C/CCCCCCC(=O)NC(COP(=O)([O-])OCC[N+](C)(C)C)C(/C=C\CCCCCCCCCCC)OC(=O)CCCCCCCCCCCCCCCC/C=C\C/C=C\C/C=C\CCCCC. The van der Waals surface area contributed by atoms with E-state index in [1.807, 2.05) is 33.3 Å². The summed E-state index contributed by atoms with van der Waals surface area (Å²) in [6.45, 7) is 6.68. The van der Waals surface area contributed by atoms with Crippen molar-refractivity contribution in [2.45, 2.75) is 296 Å². The van der Waals surface area contributed by atoms with E-state index in [1.54, 1.807) is 0 Å². The number of carbonyl (C=O) groups excluding carboxylic acids is 2. The van der Waals surface area contributed by atoms with Crippen molar-refractivity contribution >= 4 is 19.7 Å². The topological polar surface area (TPSA) is 114 Å². The van der Waals surface area contributed by atoms with Gasteiger partial charge in [-0.3, -0.25) is 14.2 Å². The Morgan fingerprint density at radius 2 is 0.821 bits per heavy atom. The van der Waals surface area contributed by atoms with Crippen LogP contribution in [0.5, 0.6) is 0 Å². The molecule has 0 bridgehead atoms. The quantitative estimate of drug-likeness (QED) is 0.0212. The van der Waals surface area contributed by atoms with Crippen LogP contribution in [0, 0.1) is 0 Å². The molecule has 452 valence electrons. The maximum absolute atomic E-state index is 13.5. The molecular formula is C68H123N2O7P. The lowest BCUT2D eigenvalue weighted by Gasteiger charge is -2.30. The highest BCUT2D eigenvalue weighted by atomic mass is 31.2. The van der Waals surface area contributed by atoms with E-state index in [1.165, 1.54) is 148 Å². The maximum atomic E-state index is 13.5. The van der Waals surface area contributed by atoms with Crippen LogP contribution in [-0.2, 0) is 27.9 Å². The normalized spacial score (nSPS) is 14.2. The third-order valence-corrected chi connectivity index (χ3v) is 15.0. The van der Waals surface area contributed by atoms with Gasteiger partial charge in [-0.1, -0.05) is 254 Å². The summed E-state index contributed by atoms with van der Waals surface area (Å²) in [5, 5.41) is 3.01. The van der Waals surface area contributed by atoms with Gasteiger partial charge in [0.25, 0.3) is 7.82 Å². The fourth-order valence-corrected chi connectivity index (χ4v) is 9.80. The van der Waals surface area contributed by atoms with E-state index in [-0.39, 0.29) is 31.3 Å². The molecule has 9 nitrogen and oxygen atoms in total. The molecule has 0 aliphatic rings. The molecule has 10 heteroatoms. The summed E-state index contributed by atoms with van der Waals surface area (Å²) < 4.78 is 30.3. The van der Waals surface area contributed by atoms with Crippen LogP contribution < -0.4 is 10.2 Å². The Balaban J connectivity index is 5.03. The Morgan fingerprint density at radius 1 is 0.462 bits per heavy atom. The zero-order valence-electron chi connectivity index (χ0n) is 51.6. The van der Waals surface area contributed by atoms with Gasteiger partial charge in [-0.2, -0.15) is 0 Å². The van der Waals surface area contributed by atoms with Crippen molar-refractivity contribution in [3.8, 4) is 0 Å². The number of esters is 1. The zero-order valence-corrected chi connectivity index (χ0v) is 52.5. The molecule has 0 aromatic carbocycles. The number of quaternary nitrogens is 1. The molecule has 1 N–H and O–H groups in total. The molecule has 0 aromatic heterocycles. The molecule has 0 spiro atoms. The van der Waals surface area contributed by atoms with Crippen molar-refractivity contribution < 1.29 is 37.3 Å². The van der Waals surface area contributed by atoms with E-state index in [2.05, 4.69) is 99.0 Å². The number of rotatable bonds is 58. The van der Waals surface area contributed by atoms with Gasteiger partial charge in [-0.15, -0.1) is 0 Å². The lowest BCUT2D eigenvalue weighted by atomic mass is 10.0. The highest BCUT2D eigenvalue weighted by Gasteiger charge is 2.27. The summed E-state index contributed by atoms with van der Waals surface area (Å²) in [7, 11) is 1.16. The van der Waals surface area contributed by atoms with E-state index >= 15 is 0 Å². The number of ether oxygens (including phenoxy) is 1. The summed E-state index contributed by atoms with van der Waals surface area (Å²) in [5.74, 6) is -0.567. The van der Waals surface area contributed by atoms with Gasteiger partial charge in [-0.25, -0.2) is 0 Å². The Kier molecular flexibility index (Phi) is 55.4. The third-order valence-electron chi connectivity index (χ3n) is 14.1. The van der Waals surface area contributed by atoms with Crippen LogP contribution in [0.25, 0.3) is 0 Å². The molecular weight excluding hydrogens is 988 g/mol. The first-order valence-electron chi connectivity index (χ1n) is 32.4. The number of phosphoric acid groups is 1. The fraction of sp³-hybridized carbons (Fsp3) is 0.765. The molecule has 0 aromatic rings. The zero-order chi connectivity index (χ0) is 57.2. The van der Waals surface area contributed by atoms with Crippen LogP contribution in [0.3, 0.4) is 0 Å². The fourth-order valence-electron chi connectivity index (χ4n) is 9.07. The van der Waals surface area contributed by atoms with E-state index in [9.17, 15) is 19.0 Å². The highest BCUT2D eigenvalue weighted by Crippen LogP contribution is 2.38. The first-order chi connectivity index (χ1) is 37.9. The molecule has 0 radical (unpaired) electrons. The van der Waals surface area contributed by atoms with Gasteiger partial charge in [0.05, 0.1) is 33.8 Å². The lowest BCUT2D eigenvalue weighted by Crippen LogP contribution is -2.47.